The Morgan fingerprint density at radius 1 is 1.29 bits per heavy atom. The zero-order valence-corrected chi connectivity index (χ0v) is 8.46. The molecule has 1 rings (SSSR count). The van der Waals surface area contributed by atoms with Gasteiger partial charge in [-0.05, 0) is 24.6 Å². The number of hydrogen-bond donors (Lipinski definition) is 0. The Balaban J connectivity index is 3.00. The maximum Gasteiger partial charge on any atom is 0.139 e. The van der Waals surface area contributed by atoms with E-state index in [4.69, 9.17) is 11.6 Å². The van der Waals surface area contributed by atoms with Crippen LogP contribution in [0.15, 0.2) is 12.1 Å². The van der Waals surface area contributed by atoms with Gasteiger partial charge in [0.1, 0.15) is 11.6 Å². The molecule has 0 aliphatic heterocycles. The van der Waals surface area contributed by atoms with Crippen LogP contribution in [0.2, 0.25) is 0 Å². The lowest BCUT2D eigenvalue weighted by Crippen LogP contribution is -1.90. The largest absolute Gasteiger partial charge is 0.207 e. The standard InChI is InChI=1S/C11H9ClF2/c1-8-6-11(14)9(7-10(8)13)4-2-3-5-12/h6-7H,3,5H2,1H3. The van der Waals surface area contributed by atoms with Crippen LogP contribution in [0.3, 0.4) is 0 Å². The van der Waals surface area contributed by atoms with Crippen molar-refractivity contribution in [3.63, 3.8) is 0 Å². The second-order valence-electron chi connectivity index (χ2n) is 2.82. The van der Waals surface area contributed by atoms with Crippen molar-refractivity contribution in [2.45, 2.75) is 13.3 Å². The summed E-state index contributed by atoms with van der Waals surface area (Å²) >= 11 is 5.39. The van der Waals surface area contributed by atoms with Crippen molar-refractivity contribution in [2.24, 2.45) is 0 Å². The Kier molecular flexibility index (Phi) is 3.91. The minimum atomic E-state index is -0.494. The van der Waals surface area contributed by atoms with Crippen LogP contribution in [-0.4, -0.2) is 5.88 Å². The molecule has 0 atom stereocenters. The molecule has 0 heterocycles. The summed E-state index contributed by atoms with van der Waals surface area (Å²) in [7, 11) is 0. The fraction of sp³-hybridized carbons (Fsp3) is 0.273. The highest BCUT2D eigenvalue weighted by molar-refractivity contribution is 6.18. The first-order valence-electron chi connectivity index (χ1n) is 4.15. The van der Waals surface area contributed by atoms with E-state index in [1.807, 2.05) is 0 Å². The fourth-order valence-corrected chi connectivity index (χ4v) is 1.04. The van der Waals surface area contributed by atoms with Gasteiger partial charge in [0.25, 0.3) is 0 Å². The minimum absolute atomic E-state index is 0.0817. The van der Waals surface area contributed by atoms with E-state index in [2.05, 4.69) is 11.8 Å². The second kappa shape index (κ2) is 4.97. The van der Waals surface area contributed by atoms with E-state index in [0.717, 1.165) is 12.1 Å². The van der Waals surface area contributed by atoms with Crippen LogP contribution in [0.25, 0.3) is 0 Å². The van der Waals surface area contributed by atoms with Crippen LogP contribution >= 0.6 is 11.6 Å². The topological polar surface area (TPSA) is 0 Å². The molecule has 74 valence electrons. The smallest absolute Gasteiger partial charge is 0.139 e. The van der Waals surface area contributed by atoms with Crippen molar-refractivity contribution in [3.05, 3.63) is 34.9 Å². The number of aryl methyl sites for hydroxylation is 1. The highest BCUT2D eigenvalue weighted by Crippen LogP contribution is 2.12. The van der Waals surface area contributed by atoms with E-state index in [1.54, 1.807) is 0 Å². The Hall–Kier alpha value is -1.07. The van der Waals surface area contributed by atoms with E-state index in [9.17, 15) is 8.78 Å². The van der Waals surface area contributed by atoms with Gasteiger partial charge < -0.3 is 0 Å². The quantitative estimate of drug-likeness (QED) is 0.497. The van der Waals surface area contributed by atoms with Gasteiger partial charge >= 0.3 is 0 Å². The van der Waals surface area contributed by atoms with Gasteiger partial charge in [0.15, 0.2) is 0 Å². The van der Waals surface area contributed by atoms with Gasteiger partial charge in [-0.2, -0.15) is 0 Å². The van der Waals surface area contributed by atoms with Crippen LogP contribution in [0, 0.1) is 30.4 Å². The highest BCUT2D eigenvalue weighted by Gasteiger charge is 2.04. The van der Waals surface area contributed by atoms with Crippen LogP contribution in [0.5, 0.6) is 0 Å². The molecule has 0 N–H and O–H groups in total. The third-order valence-electron chi connectivity index (χ3n) is 1.69. The van der Waals surface area contributed by atoms with E-state index in [1.165, 1.54) is 6.92 Å². The first-order chi connectivity index (χ1) is 6.65. The van der Waals surface area contributed by atoms with Crippen molar-refractivity contribution in [2.75, 3.05) is 5.88 Å². The zero-order valence-electron chi connectivity index (χ0n) is 7.70. The summed E-state index contributed by atoms with van der Waals surface area (Å²) in [6.45, 7) is 1.51. The molecule has 0 amide bonds. The van der Waals surface area contributed by atoms with Crippen molar-refractivity contribution in [1.82, 2.24) is 0 Å². The molecule has 0 nitrogen and oxygen atoms in total. The van der Waals surface area contributed by atoms with Gasteiger partial charge in [0.05, 0.1) is 5.56 Å². The van der Waals surface area contributed by atoms with Crippen LogP contribution in [-0.2, 0) is 0 Å². The van der Waals surface area contributed by atoms with Gasteiger partial charge in [0.2, 0.25) is 0 Å². The molecule has 0 unspecified atom stereocenters. The zero-order chi connectivity index (χ0) is 10.6. The van der Waals surface area contributed by atoms with E-state index in [0.29, 0.717) is 12.3 Å². The average Bonchev–Trinajstić information content (AvgIpc) is 2.14. The lowest BCUT2D eigenvalue weighted by atomic mass is 10.1. The SMILES string of the molecule is Cc1cc(F)c(C#CCCCl)cc1F. The first-order valence-corrected chi connectivity index (χ1v) is 4.69. The number of halogens is 3. The molecule has 0 aromatic heterocycles. The molecule has 1 aromatic rings. The minimum Gasteiger partial charge on any atom is -0.207 e. The van der Waals surface area contributed by atoms with Gasteiger partial charge in [-0.15, -0.1) is 11.6 Å². The molecule has 0 bridgehead atoms. The lowest BCUT2D eigenvalue weighted by molar-refractivity contribution is 0.590. The Bertz CT molecular complexity index is 388. The second-order valence-corrected chi connectivity index (χ2v) is 3.20. The molecule has 14 heavy (non-hydrogen) atoms. The average molecular weight is 215 g/mol. The summed E-state index contributed by atoms with van der Waals surface area (Å²) in [5.41, 5.74) is 0.364. The lowest BCUT2D eigenvalue weighted by Gasteiger charge is -1.98. The van der Waals surface area contributed by atoms with Gasteiger partial charge in [-0.3, -0.25) is 0 Å². The fourth-order valence-electron chi connectivity index (χ4n) is 0.947. The van der Waals surface area contributed by atoms with Crippen LogP contribution in [0.1, 0.15) is 17.5 Å². The third-order valence-corrected chi connectivity index (χ3v) is 1.88. The van der Waals surface area contributed by atoms with E-state index >= 15 is 0 Å². The predicted molar refractivity (Wildman–Crippen MR) is 53.3 cm³/mol. The summed E-state index contributed by atoms with van der Waals surface area (Å²) in [4.78, 5) is 0. The molecule has 0 aliphatic carbocycles. The summed E-state index contributed by atoms with van der Waals surface area (Å²) in [6.07, 6.45) is 0.469. The summed E-state index contributed by atoms with van der Waals surface area (Å²) in [6, 6.07) is 2.24. The molecule has 1 aromatic carbocycles. The molecule has 0 radical (unpaired) electrons. The monoisotopic (exact) mass is 214 g/mol. The molecular formula is C11H9ClF2. The van der Waals surface area contributed by atoms with E-state index < -0.39 is 11.6 Å². The molecule has 0 spiro atoms. The molecule has 3 heteroatoms. The summed E-state index contributed by atoms with van der Waals surface area (Å²) in [5.74, 6) is 4.64. The van der Waals surface area contributed by atoms with Crippen molar-refractivity contribution >= 4 is 11.6 Å². The number of rotatable bonds is 1. The molecule has 0 saturated carbocycles. The predicted octanol–water partition coefficient (Wildman–Crippen LogP) is 3.25. The molecule has 0 fully saturated rings. The summed E-state index contributed by atoms with van der Waals surface area (Å²) in [5, 5.41) is 0. The molecule has 0 aliphatic rings. The number of benzene rings is 1. The maximum atomic E-state index is 13.2. The molecule has 0 saturated heterocycles. The van der Waals surface area contributed by atoms with E-state index in [-0.39, 0.29) is 11.1 Å². The maximum absolute atomic E-state index is 13.2. The van der Waals surface area contributed by atoms with Crippen LogP contribution < -0.4 is 0 Å². The first kappa shape index (κ1) is 11.0. The van der Waals surface area contributed by atoms with Gasteiger partial charge in [-0.1, -0.05) is 11.8 Å². The normalized spacial score (nSPS) is 9.43. The molecular weight excluding hydrogens is 206 g/mol. The highest BCUT2D eigenvalue weighted by atomic mass is 35.5. The van der Waals surface area contributed by atoms with Gasteiger partial charge in [0, 0.05) is 12.3 Å². The van der Waals surface area contributed by atoms with Crippen LogP contribution in [0.4, 0.5) is 8.78 Å². The number of alkyl halides is 1. The van der Waals surface area contributed by atoms with Crippen molar-refractivity contribution < 1.29 is 8.78 Å². The number of hydrogen-bond acceptors (Lipinski definition) is 0. The van der Waals surface area contributed by atoms with Crippen molar-refractivity contribution in [1.29, 1.82) is 0 Å². The third kappa shape index (κ3) is 2.71. The Morgan fingerprint density at radius 2 is 2.00 bits per heavy atom. The Morgan fingerprint density at radius 3 is 2.64 bits per heavy atom. The van der Waals surface area contributed by atoms with Gasteiger partial charge in [-0.25, -0.2) is 8.78 Å². The summed E-state index contributed by atoms with van der Waals surface area (Å²) < 4.78 is 26.2. The Labute approximate surface area is 86.9 Å². The van der Waals surface area contributed by atoms with Crippen molar-refractivity contribution in [3.8, 4) is 11.8 Å².